The normalized spacial score (nSPS) is 11.6. The highest BCUT2D eigenvalue weighted by atomic mass is 32.1. The Morgan fingerprint density at radius 1 is 0.943 bits per heavy atom. The molecule has 0 aliphatic carbocycles. The van der Waals surface area contributed by atoms with Crippen molar-refractivity contribution in [2.45, 2.75) is 20.0 Å². The molecule has 0 bridgehead atoms. The van der Waals surface area contributed by atoms with Gasteiger partial charge in [0.25, 0.3) is 5.56 Å². The number of carboxylic acid groups (broad SMARTS) is 1. The van der Waals surface area contributed by atoms with Crippen molar-refractivity contribution >= 4 is 49.2 Å². The number of fused-ring (bicyclic) bond motifs is 3. The van der Waals surface area contributed by atoms with Gasteiger partial charge in [-0.1, -0.05) is 48.5 Å². The summed E-state index contributed by atoms with van der Waals surface area (Å²) in [5.41, 5.74) is 3.80. The molecule has 6 aromatic rings. The lowest BCUT2D eigenvalue weighted by Crippen LogP contribution is -2.24. The summed E-state index contributed by atoms with van der Waals surface area (Å²) in [7, 11) is 0. The van der Waals surface area contributed by atoms with Gasteiger partial charge in [0.15, 0.2) is 0 Å². The number of hydrogen-bond acceptors (Lipinski definition) is 5. The number of aliphatic carboxylic acids is 1. The van der Waals surface area contributed by atoms with Crippen molar-refractivity contribution in [1.29, 1.82) is 0 Å². The van der Waals surface area contributed by atoms with Crippen LogP contribution in [0.1, 0.15) is 10.7 Å². The summed E-state index contributed by atoms with van der Waals surface area (Å²) in [4.78, 5) is 29.7. The molecular weight excluding hydrogens is 460 g/mol. The molecule has 3 aromatic heterocycles. The zero-order valence-electron chi connectivity index (χ0n) is 18.8. The maximum atomic E-state index is 13.4. The molecule has 6 rings (SSSR count). The van der Waals surface area contributed by atoms with Gasteiger partial charge in [-0.15, -0.1) is 11.3 Å². The Kier molecular flexibility index (Phi) is 4.96. The second-order valence-electron chi connectivity index (χ2n) is 8.39. The summed E-state index contributed by atoms with van der Waals surface area (Å²) in [5.74, 6) is -0.918. The number of benzene rings is 3. The van der Waals surface area contributed by atoms with Crippen molar-refractivity contribution in [3.8, 4) is 11.3 Å². The average molecular weight is 481 g/mol. The van der Waals surface area contributed by atoms with E-state index in [1.807, 2.05) is 79.7 Å². The van der Waals surface area contributed by atoms with Crippen LogP contribution in [0, 0.1) is 6.92 Å². The summed E-state index contributed by atoms with van der Waals surface area (Å²) >= 11 is 1.54. The lowest BCUT2D eigenvalue weighted by molar-refractivity contribution is -0.137. The van der Waals surface area contributed by atoms with Gasteiger partial charge in [0.1, 0.15) is 17.2 Å². The average Bonchev–Trinajstić information content (AvgIpc) is 3.39. The molecule has 0 spiro atoms. The van der Waals surface area contributed by atoms with Crippen molar-refractivity contribution in [3.05, 3.63) is 93.9 Å². The number of thiazole rings is 1. The van der Waals surface area contributed by atoms with Crippen LogP contribution in [0.15, 0.2) is 77.6 Å². The molecule has 3 heterocycles. The van der Waals surface area contributed by atoms with Crippen LogP contribution < -0.4 is 5.56 Å². The van der Waals surface area contributed by atoms with Crippen LogP contribution in [0.2, 0.25) is 0 Å². The summed E-state index contributed by atoms with van der Waals surface area (Å²) in [6.45, 7) is 2.00. The lowest BCUT2D eigenvalue weighted by Gasteiger charge is -2.11. The van der Waals surface area contributed by atoms with E-state index in [4.69, 9.17) is 5.10 Å². The van der Waals surface area contributed by atoms with Crippen molar-refractivity contribution < 1.29 is 9.90 Å². The first-order valence-electron chi connectivity index (χ1n) is 11.2. The van der Waals surface area contributed by atoms with Crippen molar-refractivity contribution in [2.24, 2.45) is 0 Å². The van der Waals surface area contributed by atoms with E-state index in [1.54, 1.807) is 15.9 Å². The summed E-state index contributed by atoms with van der Waals surface area (Å²) in [5, 5.41) is 17.4. The number of carbonyl (C=O) groups is 1. The van der Waals surface area contributed by atoms with Crippen molar-refractivity contribution in [2.75, 3.05) is 0 Å². The van der Waals surface area contributed by atoms with Gasteiger partial charge in [-0.05, 0) is 31.2 Å². The Balaban J connectivity index is 1.61. The smallest absolute Gasteiger partial charge is 0.323 e. The fraction of sp³-hybridized carbons (Fsp3) is 0.111. The number of hydrogen-bond donors (Lipinski definition) is 1. The van der Waals surface area contributed by atoms with Crippen LogP contribution in [0.5, 0.6) is 0 Å². The highest BCUT2D eigenvalue weighted by Gasteiger charge is 2.22. The zero-order chi connectivity index (χ0) is 24.1. The Morgan fingerprint density at radius 2 is 1.63 bits per heavy atom. The number of carboxylic acids is 1. The largest absolute Gasteiger partial charge is 0.480 e. The van der Waals surface area contributed by atoms with Crippen LogP contribution >= 0.6 is 11.3 Å². The number of aromatic nitrogens is 4. The Morgan fingerprint density at radius 3 is 2.40 bits per heavy atom. The molecule has 0 aliphatic heterocycles. The third-order valence-electron chi connectivity index (χ3n) is 6.25. The van der Waals surface area contributed by atoms with Crippen LogP contribution in [0.25, 0.3) is 43.1 Å². The minimum absolute atomic E-state index is 0.157. The molecular formula is C27H20N4O3S. The van der Waals surface area contributed by atoms with Crippen molar-refractivity contribution in [3.63, 3.8) is 0 Å². The lowest BCUT2D eigenvalue weighted by atomic mass is 10.0. The summed E-state index contributed by atoms with van der Waals surface area (Å²) in [6, 6.07) is 23.0. The maximum absolute atomic E-state index is 13.4. The predicted molar refractivity (Wildman–Crippen MR) is 138 cm³/mol. The van der Waals surface area contributed by atoms with Gasteiger partial charge in [-0.2, -0.15) is 5.10 Å². The van der Waals surface area contributed by atoms with Crippen molar-refractivity contribution in [1.82, 2.24) is 19.3 Å². The van der Waals surface area contributed by atoms with Gasteiger partial charge in [0.05, 0.1) is 22.1 Å². The standard InChI is InChI=1S/C27H20N4O3S/c1-16-25(19-10-4-6-12-21(19)30(16)15-24(32)33)26-17-8-2-3-9-18(17)27(34)31(29-26)14-23-28-20-11-5-7-13-22(20)35-23/h2-13H,14-15H2,1H3,(H,32,33). The van der Waals surface area contributed by atoms with Crippen LogP contribution in [0.3, 0.4) is 0 Å². The van der Waals surface area contributed by atoms with Gasteiger partial charge in [0, 0.05) is 27.5 Å². The molecule has 0 unspecified atom stereocenters. The van der Waals surface area contributed by atoms with Crippen LogP contribution in [-0.2, 0) is 17.9 Å². The molecule has 0 aliphatic rings. The monoisotopic (exact) mass is 480 g/mol. The molecule has 7 nitrogen and oxygen atoms in total. The molecule has 0 saturated carbocycles. The van der Waals surface area contributed by atoms with E-state index in [2.05, 4.69) is 4.98 Å². The Bertz CT molecular complexity index is 1800. The highest BCUT2D eigenvalue weighted by molar-refractivity contribution is 7.18. The third kappa shape index (κ3) is 3.50. The predicted octanol–water partition coefficient (Wildman–Crippen LogP) is 5.07. The van der Waals surface area contributed by atoms with E-state index in [0.717, 1.165) is 42.8 Å². The number of nitrogens with zero attached hydrogens (tertiary/aromatic N) is 4. The first-order chi connectivity index (χ1) is 17.0. The molecule has 1 N–H and O–H groups in total. The zero-order valence-corrected chi connectivity index (χ0v) is 19.6. The molecule has 0 saturated heterocycles. The third-order valence-corrected chi connectivity index (χ3v) is 7.27. The second kappa shape index (κ2) is 8.18. The fourth-order valence-corrected chi connectivity index (χ4v) is 5.66. The van der Waals surface area contributed by atoms with Gasteiger partial charge >= 0.3 is 5.97 Å². The first kappa shape index (κ1) is 21.2. The minimum atomic E-state index is -0.918. The molecule has 8 heteroatoms. The van der Waals surface area contributed by atoms with Crippen LogP contribution in [-0.4, -0.2) is 30.4 Å². The van der Waals surface area contributed by atoms with E-state index in [0.29, 0.717) is 11.1 Å². The molecule has 0 fully saturated rings. The van der Waals surface area contributed by atoms with Gasteiger partial charge in [-0.3, -0.25) is 9.59 Å². The van der Waals surface area contributed by atoms with Gasteiger partial charge < -0.3 is 9.67 Å². The van der Waals surface area contributed by atoms with E-state index in [1.165, 1.54) is 4.68 Å². The number of rotatable bonds is 5. The second-order valence-corrected chi connectivity index (χ2v) is 9.50. The van der Waals surface area contributed by atoms with Crippen LogP contribution in [0.4, 0.5) is 0 Å². The summed E-state index contributed by atoms with van der Waals surface area (Å²) in [6.07, 6.45) is 0. The first-order valence-corrected chi connectivity index (χ1v) is 12.0. The maximum Gasteiger partial charge on any atom is 0.323 e. The Hall–Kier alpha value is -4.30. The molecule has 172 valence electrons. The molecule has 3 aromatic carbocycles. The quantitative estimate of drug-likeness (QED) is 0.372. The van der Waals surface area contributed by atoms with E-state index < -0.39 is 5.97 Å². The van der Waals surface area contributed by atoms with Gasteiger partial charge in [-0.25, -0.2) is 9.67 Å². The fourth-order valence-electron chi connectivity index (χ4n) is 4.71. The molecule has 0 atom stereocenters. The minimum Gasteiger partial charge on any atom is -0.480 e. The van der Waals surface area contributed by atoms with E-state index in [-0.39, 0.29) is 18.6 Å². The molecule has 0 radical (unpaired) electrons. The topological polar surface area (TPSA) is 90.0 Å². The highest BCUT2D eigenvalue weighted by Crippen LogP contribution is 2.36. The van der Waals surface area contributed by atoms with E-state index >= 15 is 0 Å². The van der Waals surface area contributed by atoms with E-state index in [9.17, 15) is 14.7 Å². The molecule has 35 heavy (non-hydrogen) atoms. The SMILES string of the molecule is Cc1c(-c2nn(Cc3nc4ccccc4s3)c(=O)c3ccccc23)c2ccccc2n1CC(=O)O. The van der Waals surface area contributed by atoms with Gasteiger partial charge in [0.2, 0.25) is 0 Å². The summed E-state index contributed by atoms with van der Waals surface area (Å²) < 4.78 is 4.31. The number of para-hydroxylation sites is 2. The molecule has 0 amide bonds. The Labute approximate surface area is 203 Å².